The van der Waals surface area contributed by atoms with Gasteiger partial charge in [0.15, 0.2) is 0 Å². The lowest BCUT2D eigenvalue weighted by Crippen LogP contribution is -2.52. The molecule has 0 aliphatic carbocycles. The Balaban J connectivity index is 1.38. The maximum absolute atomic E-state index is 13.2. The summed E-state index contributed by atoms with van der Waals surface area (Å²) < 4.78 is 18.1. The van der Waals surface area contributed by atoms with Gasteiger partial charge in [-0.2, -0.15) is 0 Å². The number of hydrogen-bond acceptors (Lipinski definition) is 5. The Labute approximate surface area is 156 Å². The van der Waals surface area contributed by atoms with E-state index in [1.165, 1.54) is 24.7 Å². The van der Waals surface area contributed by atoms with Crippen LogP contribution in [0.15, 0.2) is 47.3 Å². The SMILES string of the molecule is O=C(c1ccoc1)N1CCN(C(=O)C2CNNC2c2ccc(F)cc2)CC1. The van der Waals surface area contributed by atoms with Crippen LogP contribution in [0.3, 0.4) is 0 Å². The predicted molar refractivity (Wildman–Crippen MR) is 95.0 cm³/mol. The molecule has 2 aromatic rings. The number of nitrogens with one attached hydrogen (secondary N) is 2. The Morgan fingerprint density at radius 2 is 1.74 bits per heavy atom. The third-order valence-corrected chi connectivity index (χ3v) is 5.17. The number of furan rings is 1. The summed E-state index contributed by atoms with van der Waals surface area (Å²) in [5.74, 6) is -0.612. The molecular weight excluding hydrogens is 351 g/mol. The van der Waals surface area contributed by atoms with Gasteiger partial charge in [-0.25, -0.2) is 9.82 Å². The minimum absolute atomic E-state index is 0.0391. The minimum Gasteiger partial charge on any atom is -0.472 e. The van der Waals surface area contributed by atoms with E-state index in [4.69, 9.17) is 4.42 Å². The quantitative estimate of drug-likeness (QED) is 0.846. The van der Waals surface area contributed by atoms with Gasteiger partial charge in [-0.05, 0) is 23.8 Å². The molecule has 0 bridgehead atoms. The second-order valence-corrected chi connectivity index (χ2v) is 6.79. The first kappa shape index (κ1) is 17.7. The first-order valence-corrected chi connectivity index (χ1v) is 8.97. The van der Waals surface area contributed by atoms with Crippen molar-refractivity contribution in [1.82, 2.24) is 20.7 Å². The second-order valence-electron chi connectivity index (χ2n) is 6.79. The summed E-state index contributed by atoms with van der Waals surface area (Å²) in [5, 5.41) is 0. The molecule has 142 valence electrons. The zero-order valence-electron chi connectivity index (χ0n) is 14.7. The third-order valence-electron chi connectivity index (χ3n) is 5.17. The lowest BCUT2D eigenvalue weighted by Gasteiger charge is -2.36. The molecule has 0 radical (unpaired) electrons. The van der Waals surface area contributed by atoms with Crippen molar-refractivity contribution in [2.75, 3.05) is 32.7 Å². The molecule has 2 saturated heterocycles. The molecule has 2 aliphatic heterocycles. The first-order valence-electron chi connectivity index (χ1n) is 8.97. The van der Waals surface area contributed by atoms with Crippen molar-refractivity contribution < 1.29 is 18.4 Å². The molecular formula is C19H21FN4O3. The van der Waals surface area contributed by atoms with Crippen LogP contribution in [0.1, 0.15) is 22.0 Å². The molecule has 1 aromatic carbocycles. The molecule has 2 aliphatic rings. The molecule has 2 amide bonds. The number of benzene rings is 1. The second kappa shape index (κ2) is 7.50. The molecule has 2 fully saturated rings. The maximum Gasteiger partial charge on any atom is 0.257 e. The number of amides is 2. The minimum atomic E-state index is -0.300. The largest absolute Gasteiger partial charge is 0.472 e. The number of rotatable bonds is 3. The smallest absolute Gasteiger partial charge is 0.257 e. The van der Waals surface area contributed by atoms with Gasteiger partial charge in [0.05, 0.1) is 23.8 Å². The molecule has 2 unspecified atom stereocenters. The summed E-state index contributed by atoms with van der Waals surface area (Å²) in [6.45, 7) is 2.48. The van der Waals surface area contributed by atoms with Gasteiger partial charge >= 0.3 is 0 Å². The molecule has 8 heteroatoms. The van der Waals surface area contributed by atoms with Gasteiger partial charge in [-0.3, -0.25) is 15.0 Å². The van der Waals surface area contributed by atoms with E-state index in [1.54, 1.807) is 28.0 Å². The van der Waals surface area contributed by atoms with Crippen LogP contribution in [0.25, 0.3) is 0 Å². The fourth-order valence-corrected chi connectivity index (χ4v) is 3.65. The fourth-order valence-electron chi connectivity index (χ4n) is 3.65. The van der Waals surface area contributed by atoms with Gasteiger partial charge in [0.1, 0.15) is 12.1 Å². The Morgan fingerprint density at radius 3 is 2.41 bits per heavy atom. The van der Waals surface area contributed by atoms with Crippen molar-refractivity contribution in [2.24, 2.45) is 5.92 Å². The lowest BCUT2D eigenvalue weighted by atomic mass is 9.93. The number of piperazine rings is 1. The standard InChI is InChI=1S/C19H21FN4O3/c20-15-3-1-13(2-4-15)17-16(11-21-22-17)19(26)24-8-6-23(7-9-24)18(25)14-5-10-27-12-14/h1-5,10,12,16-17,21-22H,6-9,11H2. The Morgan fingerprint density at radius 1 is 1.04 bits per heavy atom. The highest BCUT2D eigenvalue weighted by Gasteiger charge is 2.37. The first-order chi connectivity index (χ1) is 13.1. The zero-order chi connectivity index (χ0) is 18.8. The van der Waals surface area contributed by atoms with Gasteiger partial charge in [-0.1, -0.05) is 12.1 Å². The van der Waals surface area contributed by atoms with E-state index in [9.17, 15) is 14.0 Å². The van der Waals surface area contributed by atoms with Crippen molar-refractivity contribution in [1.29, 1.82) is 0 Å². The summed E-state index contributed by atoms with van der Waals surface area (Å²) in [5.41, 5.74) is 7.54. The van der Waals surface area contributed by atoms with Crippen molar-refractivity contribution in [2.45, 2.75) is 6.04 Å². The van der Waals surface area contributed by atoms with Crippen molar-refractivity contribution >= 4 is 11.8 Å². The van der Waals surface area contributed by atoms with E-state index in [-0.39, 0.29) is 29.6 Å². The molecule has 2 N–H and O–H groups in total. The molecule has 4 rings (SSSR count). The normalized spacial score (nSPS) is 22.9. The monoisotopic (exact) mass is 372 g/mol. The van der Waals surface area contributed by atoms with E-state index in [1.807, 2.05) is 0 Å². The molecule has 0 spiro atoms. The summed E-state index contributed by atoms with van der Waals surface area (Å²) in [7, 11) is 0. The van der Waals surface area contributed by atoms with E-state index < -0.39 is 0 Å². The van der Waals surface area contributed by atoms with Crippen LogP contribution in [-0.2, 0) is 4.79 Å². The van der Waals surface area contributed by atoms with E-state index in [0.29, 0.717) is 38.3 Å². The van der Waals surface area contributed by atoms with Crippen molar-refractivity contribution in [3.63, 3.8) is 0 Å². The third kappa shape index (κ3) is 3.58. The van der Waals surface area contributed by atoms with Crippen molar-refractivity contribution in [3.8, 4) is 0 Å². The van der Waals surface area contributed by atoms with Gasteiger partial charge in [-0.15, -0.1) is 0 Å². The summed E-state index contributed by atoms with van der Waals surface area (Å²) in [4.78, 5) is 28.9. The number of halogens is 1. The number of nitrogens with zero attached hydrogens (tertiary/aromatic N) is 2. The van der Waals surface area contributed by atoms with E-state index in [0.717, 1.165) is 5.56 Å². The fraction of sp³-hybridized carbons (Fsp3) is 0.368. The highest BCUT2D eigenvalue weighted by molar-refractivity contribution is 5.94. The molecule has 1 aromatic heterocycles. The number of hydrazine groups is 1. The highest BCUT2D eigenvalue weighted by atomic mass is 19.1. The van der Waals surface area contributed by atoms with Crippen LogP contribution in [0.5, 0.6) is 0 Å². The predicted octanol–water partition coefficient (Wildman–Crippen LogP) is 1.17. The topological polar surface area (TPSA) is 77.8 Å². The Bertz CT molecular complexity index is 801. The molecule has 27 heavy (non-hydrogen) atoms. The van der Waals surface area contributed by atoms with Crippen LogP contribution in [-0.4, -0.2) is 54.3 Å². The maximum atomic E-state index is 13.2. The zero-order valence-corrected chi connectivity index (χ0v) is 14.7. The van der Waals surface area contributed by atoms with E-state index >= 15 is 0 Å². The van der Waals surface area contributed by atoms with Gasteiger partial charge < -0.3 is 14.2 Å². The average Bonchev–Trinajstić information content (AvgIpc) is 3.40. The number of carbonyl (C=O) groups excluding carboxylic acids is 2. The molecule has 3 heterocycles. The molecule has 2 atom stereocenters. The van der Waals surface area contributed by atoms with Crippen LogP contribution >= 0.6 is 0 Å². The lowest BCUT2D eigenvalue weighted by molar-refractivity contribution is -0.137. The molecule has 0 saturated carbocycles. The van der Waals surface area contributed by atoms with Gasteiger partial charge in [0.2, 0.25) is 5.91 Å². The highest BCUT2D eigenvalue weighted by Crippen LogP contribution is 2.27. The average molecular weight is 372 g/mol. The van der Waals surface area contributed by atoms with Crippen LogP contribution < -0.4 is 10.9 Å². The number of carbonyl (C=O) groups is 2. The van der Waals surface area contributed by atoms with E-state index in [2.05, 4.69) is 10.9 Å². The van der Waals surface area contributed by atoms with Crippen molar-refractivity contribution in [3.05, 3.63) is 59.8 Å². The summed E-state index contributed by atoms with van der Waals surface area (Å²) in [6.07, 6.45) is 2.91. The Hall–Kier alpha value is -2.71. The summed E-state index contributed by atoms with van der Waals surface area (Å²) >= 11 is 0. The summed E-state index contributed by atoms with van der Waals surface area (Å²) in [6, 6.07) is 7.63. The van der Waals surface area contributed by atoms with Crippen LogP contribution in [0.4, 0.5) is 4.39 Å². The van der Waals surface area contributed by atoms with Gasteiger partial charge in [0.25, 0.3) is 5.91 Å². The van der Waals surface area contributed by atoms with Crippen LogP contribution in [0.2, 0.25) is 0 Å². The molecule has 7 nitrogen and oxygen atoms in total. The number of hydrogen-bond donors (Lipinski definition) is 2. The Kier molecular flexibility index (Phi) is 4.91. The van der Waals surface area contributed by atoms with Crippen LogP contribution in [0, 0.1) is 11.7 Å². The van der Waals surface area contributed by atoms with Gasteiger partial charge in [0, 0.05) is 32.7 Å².